The van der Waals surface area contributed by atoms with Crippen molar-refractivity contribution in [2.24, 2.45) is 0 Å². The predicted octanol–water partition coefficient (Wildman–Crippen LogP) is 5.21. The molecule has 0 fully saturated rings. The van der Waals surface area contributed by atoms with Gasteiger partial charge in [-0.2, -0.15) is 0 Å². The lowest BCUT2D eigenvalue weighted by Crippen LogP contribution is -2.35. The average Bonchev–Trinajstić information content (AvgIpc) is 2.93. The summed E-state index contributed by atoms with van der Waals surface area (Å²) in [5.41, 5.74) is 2.60. The molecule has 0 aliphatic carbocycles. The molecule has 0 atom stereocenters. The molecule has 1 aliphatic heterocycles. The predicted molar refractivity (Wildman–Crippen MR) is 115 cm³/mol. The second-order valence-electron chi connectivity index (χ2n) is 7.36. The lowest BCUT2D eigenvalue weighted by atomic mass is 10.2. The molecule has 2 aromatic carbocycles. The molecule has 0 saturated heterocycles. The second-order valence-corrected chi connectivity index (χ2v) is 7.79. The zero-order valence-electron chi connectivity index (χ0n) is 16.4. The number of hydrogen-bond donors (Lipinski definition) is 1. The van der Waals surface area contributed by atoms with Gasteiger partial charge in [0.15, 0.2) is 5.82 Å². The molecular weight excluding hydrogens is 386 g/mol. The fraction of sp³-hybridized carbons (Fsp3) is 0.318. The summed E-state index contributed by atoms with van der Waals surface area (Å²) < 4.78 is 2.17. The summed E-state index contributed by atoms with van der Waals surface area (Å²) in [5, 5.41) is 12.3. The summed E-state index contributed by atoms with van der Waals surface area (Å²) >= 11 is 6.07. The molecule has 150 valence electrons. The lowest BCUT2D eigenvalue weighted by molar-refractivity contribution is 0.256. The van der Waals surface area contributed by atoms with E-state index in [4.69, 9.17) is 11.6 Å². The minimum absolute atomic E-state index is 0.234. The topological polar surface area (TPSA) is 63.1 Å². The van der Waals surface area contributed by atoms with Crippen LogP contribution in [0.4, 0.5) is 16.2 Å². The van der Waals surface area contributed by atoms with Gasteiger partial charge in [0.2, 0.25) is 0 Å². The summed E-state index contributed by atoms with van der Waals surface area (Å²) in [4.78, 5) is 14.9. The number of hydrogen-bond acceptors (Lipinski definition) is 3. The molecule has 0 saturated carbocycles. The minimum atomic E-state index is -0.234. The first-order valence-electron chi connectivity index (χ1n) is 9.92. The van der Waals surface area contributed by atoms with Crippen LogP contribution in [0, 0.1) is 6.92 Å². The SMILES string of the molecule is Cc1ccc(N(Cc2nnc3n2CCCCC3)C(=O)Nc2cccc(Cl)c2)cc1. The van der Waals surface area contributed by atoms with Gasteiger partial charge in [-0.05, 0) is 50.1 Å². The van der Waals surface area contributed by atoms with E-state index >= 15 is 0 Å². The first-order chi connectivity index (χ1) is 14.1. The van der Waals surface area contributed by atoms with Crippen LogP contribution in [0.5, 0.6) is 0 Å². The standard InChI is InChI=1S/C22H24ClN5O/c1-16-9-11-19(12-10-16)28(22(29)24-18-7-5-6-17(23)14-18)15-21-26-25-20-8-3-2-4-13-27(20)21/h5-7,9-12,14H,2-4,8,13,15H2,1H3,(H,24,29). The Morgan fingerprint density at radius 2 is 1.97 bits per heavy atom. The smallest absolute Gasteiger partial charge is 0.313 e. The maximum absolute atomic E-state index is 13.2. The van der Waals surface area contributed by atoms with Gasteiger partial charge in [-0.1, -0.05) is 41.8 Å². The molecule has 2 amide bonds. The van der Waals surface area contributed by atoms with Crippen LogP contribution in [-0.2, 0) is 19.5 Å². The zero-order valence-corrected chi connectivity index (χ0v) is 17.2. The Labute approximate surface area is 175 Å². The zero-order chi connectivity index (χ0) is 20.2. The maximum Gasteiger partial charge on any atom is 0.326 e. The van der Waals surface area contributed by atoms with Crippen LogP contribution in [0.2, 0.25) is 5.02 Å². The number of carbonyl (C=O) groups is 1. The van der Waals surface area contributed by atoms with Crippen molar-refractivity contribution in [2.45, 2.75) is 45.7 Å². The molecule has 6 nitrogen and oxygen atoms in total. The monoisotopic (exact) mass is 409 g/mol. The van der Waals surface area contributed by atoms with Crippen molar-refractivity contribution in [1.82, 2.24) is 14.8 Å². The van der Waals surface area contributed by atoms with Crippen LogP contribution in [0.25, 0.3) is 0 Å². The molecule has 29 heavy (non-hydrogen) atoms. The van der Waals surface area contributed by atoms with E-state index in [-0.39, 0.29) is 6.03 Å². The van der Waals surface area contributed by atoms with Crippen LogP contribution in [-0.4, -0.2) is 20.8 Å². The van der Waals surface area contributed by atoms with Gasteiger partial charge in [0.1, 0.15) is 5.82 Å². The van der Waals surface area contributed by atoms with E-state index in [1.54, 1.807) is 17.0 Å². The Bertz CT molecular complexity index is 999. The van der Waals surface area contributed by atoms with E-state index in [0.717, 1.165) is 48.7 Å². The van der Waals surface area contributed by atoms with Crippen molar-refractivity contribution < 1.29 is 4.79 Å². The van der Waals surface area contributed by atoms with E-state index in [1.165, 1.54) is 6.42 Å². The van der Waals surface area contributed by atoms with E-state index in [0.29, 0.717) is 17.3 Å². The number of benzene rings is 2. The van der Waals surface area contributed by atoms with Gasteiger partial charge in [-0.15, -0.1) is 10.2 Å². The summed E-state index contributed by atoms with van der Waals surface area (Å²) in [6, 6.07) is 14.8. The Morgan fingerprint density at radius 3 is 2.76 bits per heavy atom. The van der Waals surface area contributed by atoms with Gasteiger partial charge in [0, 0.05) is 29.4 Å². The van der Waals surface area contributed by atoms with E-state index < -0.39 is 0 Å². The molecule has 1 N–H and O–H groups in total. The van der Waals surface area contributed by atoms with Crippen molar-refractivity contribution in [2.75, 3.05) is 10.2 Å². The molecule has 2 heterocycles. The molecule has 1 aromatic heterocycles. The number of aryl methyl sites for hydroxylation is 2. The number of anilines is 2. The summed E-state index contributed by atoms with van der Waals surface area (Å²) in [6.45, 7) is 3.27. The number of carbonyl (C=O) groups excluding carboxylic acids is 1. The van der Waals surface area contributed by atoms with Crippen molar-refractivity contribution in [3.05, 3.63) is 70.8 Å². The number of rotatable bonds is 4. The Kier molecular flexibility index (Phi) is 5.81. The Hall–Kier alpha value is -2.86. The summed E-state index contributed by atoms with van der Waals surface area (Å²) in [7, 11) is 0. The van der Waals surface area contributed by atoms with Crippen molar-refractivity contribution in [3.8, 4) is 0 Å². The number of urea groups is 1. The normalized spacial score (nSPS) is 13.4. The van der Waals surface area contributed by atoms with Crippen LogP contribution in [0.3, 0.4) is 0 Å². The van der Waals surface area contributed by atoms with Crippen molar-refractivity contribution in [3.63, 3.8) is 0 Å². The van der Waals surface area contributed by atoms with Crippen LogP contribution in [0.1, 0.15) is 36.5 Å². The third kappa shape index (κ3) is 4.59. The Balaban J connectivity index is 1.63. The van der Waals surface area contributed by atoms with Gasteiger partial charge in [-0.25, -0.2) is 4.79 Å². The van der Waals surface area contributed by atoms with Crippen molar-refractivity contribution in [1.29, 1.82) is 0 Å². The van der Waals surface area contributed by atoms with Gasteiger partial charge >= 0.3 is 6.03 Å². The van der Waals surface area contributed by atoms with Crippen LogP contribution in [0.15, 0.2) is 48.5 Å². The van der Waals surface area contributed by atoms with Gasteiger partial charge in [-0.3, -0.25) is 4.90 Å². The van der Waals surface area contributed by atoms with Gasteiger partial charge in [0.05, 0.1) is 6.54 Å². The highest BCUT2D eigenvalue weighted by atomic mass is 35.5. The van der Waals surface area contributed by atoms with Crippen LogP contribution >= 0.6 is 11.6 Å². The number of halogens is 1. The van der Waals surface area contributed by atoms with E-state index in [9.17, 15) is 4.79 Å². The highest BCUT2D eigenvalue weighted by Crippen LogP contribution is 2.22. The lowest BCUT2D eigenvalue weighted by Gasteiger charge is -2.23. The van der Waals surface area contributed by atoms with Crippen molar-refractivity contribution >= 4 is 29.0 Å². The fourth-order valence-corrected chi connectivity index (χ4v) is 3.76. The third-order valence-electron chi connectivity index (χ3n) is 5.15. The number of aromatic nitrogens is 3. The number of nitrogens with zero attached hydrogens (tertiary/aromatic N) is 4. The quantitative estimate of drug-likeness (QED) is 0.643. The third-order valence-corrected chi connectivity index (χ3v) is 5.39. The minimum Gasteiger partial charge on any atom is -0.313 e. The van der Waals surface area contributed by atoms with E-state index in [2.05, 4.69) is 20.1 Å². The Morgan fingerprint density at radius 1 is 1.14 bits per heavy atom. The van der Waals surface area contributed by atoms with Gasteiger partial charge < -0.3 is 9.88 Å². The number of fused-ring (bicyclic) bond motifs is 1. The van der Waals surface area contributed by atoms with E-state index in [1.807, 2.05) is 43.3 Å². The summed E-state index contributed by atoms with van der Waals surface area (Å²) in [5.74, 6) is 1.82. The molecule has 3 aromatic rings. The highest BCUT2D eigenvalue weighted by Gasteiger charge is 2.22. The number of amides is 2. The van der Waals surface area contributed by atoms with Crippen LogP contribution < -0.4 is 10.2 Å². The van der Waals surface area contributed by atoms with Gasteiger partial charge in [0.25, 0.3) is 0 Å². The average molecular weight is 410 g/mol. The molecule has 0 radical (unpaired) electrons. The first kappa shape index (κ1) is 19.5. The molecule has 7 heteroatoms. The first-order valence-corrected chi connectivity index (χ1v) is 10.3. The second kappa shape index (κ2) is 8.66. The highest BCUT2D eigenvalue weighted by molar-refractivity contribution is 6.30. The molecule has 0 spiro atoms. The summed E-state index contributed by atoms with van der Waals surface area (Å²) in [6.07, 6.45) is 4.37. The molecule has 4 rings (SSSR count). The largest absolute Gasteiger partial charge is 0.326 e. The number of nitrogens with one attached hydrogen (secondary N) is 1. The molecule has 0 unspecified atom stereocenters. The molecular formula is C22H24ClN5O. The maximum atomic E-state index is 13.2. The molecule has 0 bridgehead atoms. The fourth-order valence-electron chi connectivity index (χ4n) is 3.57. The molecule has 1 aliphatic rings.